The summed E-state index contributed by atoms with van der Waals surface area (Å²) in [4.78, 5) is 21.9. The van der Waals surface area contributed by atoms with E-state index >= 15 is 0 Å². The lowest BCUT2D eigenvalue weighted by atomic mass is 10.2. The molecule has 4 rings (SSSR count). The topological polar surface area (TPSA) is 78.8 Å². The smallest absolute Gasteiger partial charge is 0.270 e. The molecular formula is C23H29N5O3S. The second kappa shape index (κ2) is 8.91. The molecule has 1 fully saturated rings. The first-order valence-corrected chi connectivity index (χ1v) is 12.4. The summed E-state index contributed by atoms with van der Waals surface area (Å²) in [5.74, 6) is 0.878. The number of carbonyl (C=O) groups is 1. The molecule has 0 saturated carbocycles. The van der Waals surface area contributed by atoms with E-state index in [-0.39, 0.29) is 10.8 Å². The van der Waals surface area contributed by atoms with E-state index in [0.29, 0.717) is 31.9 Å². The van der Waals surface area contributed by atoms with Gasteiger partial charge in [0.25, 0.3) is 5.91 Å². The molecule has 3 aromatic rings. The molecule has 3 heterocycles. The van der Waals surface area contributed by atoms with Crippen molar-refractivity contribution < 1.29 is 13.2 Å². The van der Waals surface area contributed by atoms with Crippen LogP contribution in [0.25, 0.3) is 10.9 Å². The van der Waals surface area contributed by atoms with Crippen molar-refractivity contribution in [1.29, 1.82) is 0 Å². The molecule has 0 atom stereocenters. The molecule has 8 nitrogen and oxygen atoms in total. The molecule has 1 aliphatic rings. The van der Waals surface area contributed by atoms with Crippen LogP contribution in [0, 0.1) is 0 Å². The van der Waals surface area contributed by atoms with Gasteiger partial charge in [-0.1, -0.05) is 19.9 Å². The van der Waals surface area contributed by atoms with Crippen LogP contribution in [0.3, 0.4) is 0 Å². The zero-order valence-electron chi connectivity index (χ0n) is 18.7. The molecule has 0 radical (unpaired) electrons. The molecule has 0 bridgehead atoms. The van der Waals surface area contributed by atoms with Crippen molar-refractivity contribution in [3.8, 4) is 0 Å². The van der Waals surface area contributed by atoms with Gasteiger partial charge in [-0.05, 0) is 36.4 Å². The third-order valence-electron chi connectivity index (χ3n) is 6.12. The third-order valence-corrected chi connectivity index (χ3v) is 8.16. The molecule has 9 heteroatoms. The molecule has 1 amide bonds. The Kier molecular flexibility index (Phi) is 6.21. The molecule has 1 aliphatic heterocycles. The number of piperazine rings is 1. The van der Waals surface area contributed by atoms with Gasteiger partial charge in [-0.2, -0.15) is 4.31 Å². The maximum Gasteiger partial charge on any atom is 0.270 e. The van der Waals surface area contributed by atoms with E-state index in [1.165, 1.54) is 4.31 Å². The maximum absolute atomic E-state index is 13.3. The quantitative estimate of drug-likeness (QED) is 0.571. The second-order valence-corrected chi connectivity index (χ2v) is 9.80. The van der Waals surface area contributed by atoms with Gasteiger partial charge in [0.1, 0.15) is 11.5 Å². The maximum atomic E-state index is 13.3. The van der Waals surface area contributed by atoms with Gasteiger partial charge in [0.05, 0.1) is 4.90 Å². The molecule has 32 heavy (non-hydrogen) atoms. The minimum absolute atomic E-state index is 0.0440. The number of amides is 1. The Morgan fingerprint density at radius 3 is 2.38 bits per heavy atom. The lowest BCUT2D eigenvalue weighted by Crippen LogP contribution is -2.49. The van der Waals surface area contributed by atoms with Crippen LogP contribution in [0.2, 0.25) is 0 Å². The minimum atomic E-state index is -3.55. The molecule has 2 aromatic heterocycles. The normalized spacial score (nSPS) is 15.0. The summed E-state index contributed by atoms with van der Waals surface area (Å²) in [6.07, 6.45) is 1.77. The van der Waals surface area contributed by atoms with Crippen molar-refractivity contribution in [3.05, 3.63) is 54.4 Å². The predicted octanol–water partition coefficient (Wildman–Crippen LogP) is 2.57. The highest BCUT2D eigenvalue weighted by molar-refractivity contribution is 7.89. The first-order valence-electron chi connectivity index (χ1n) is 10.9. The van der Waals surface area contributed by atoms with Crippen molar-refractivity contribution in [2.75, 3.05) is 44.2 Å². The number of rotatable bonds is 6. The third kappa shape index (κ3) is 3.98. The molecule has 0 spiro atoms. The fraction of sp³-hybridized carbons (Fsp3) is 0.391. The van der Waals surface area contributed by atoms with Gasteiger partial charge in [-0.15, -0.1) is 0 Å². The zero-order valence-corrected chi connectivity index (χ0v) is 19.5. The van der Waals surface area contributed by atoms with Crippen LogP contribution in [0.5, 0.6) is 0 Å². The number of fused-ring (bicyclic) bond motifs is 1. The average Bonchev–Trinajstić information content (AvgIpc) is 3.15. The van der Waals surface area contributed by atoms with Crippen molar-refractivity contribution in [2.45, 2.75) is 18.7 Å². The Bertz CT molecular complexity index is 1210. The van der Waals surface area contributed by atoms with Crippen LogP contribution in [0.1, 0.15) is 24.3 Å². The number of pyridine rings is 1. The largest absolute Gasteiger partial charge is 0.353 e. The lowest BCUT2D eigenvalue weighted by Gasteiger charge is -2.35. The monoisotopic (exact) mass is 455 g/mol. The average molecular weight is 456 g/mol. The Labute approximate surface area is 189 Å². The van der Waals surface area contributed by atoms with Crippen LogP contribution in [0.4, 0.5) is 5.82 Å². The number of nitrogens with zero attached hydrogens (tertiary/aromatic N) is 5. The number of benzene rings is 1. The van der Waals surface area contributed by atoms with E-state index in [4.69, 9.17) is 0 Å². The number of anilines is 1. The van der Waals surface area contributed by atoms with Gasteiger partial charge in [0.15, 0.2) is 0 Å². The zero-order chi connectivity index (χ0) is 22.9. The molecule has 0 N–H and O–H groups in total. The van der Waals surface area contributed by atoms with E-state index < -0.39 is 10.0 Å². The molecule has 1 saturated heterocycles. The fourth-order valence-electron chi connectivity index (χ4n) is 4.25. The Balaban J connectivity index is 1.56. The van der Waals surface area contributed by atoms with Crippen LogP contribution in [0.15, 0.2) is 53.6 Å². The number of aryl methyl sites for hydroxylation is 1. The number of hydrogen-bond acceptors (Lipinski definition) is 5. The Morgan fingerprint density at radius 2 is 1.75 bits per heavy atom. The highest BCUT2D eigenvalue weighted by atomic mass is 32.2. The van der Waals surface area contributed by atoms with Crippen molar-refractivity contribution in [3.63, 3.8) is 0 Å². The lowest BCUT2D eigenvalue weighted by molar-refractivity contribution is 0.0737. The van der Waals surface area contributed by atoms with Crippen LogP contribution in [-0.2, 0) is 17.1 Å². The molecule has 170 valence electrons. The second-order valence-electron chi connectivity index (χ2n) is 7.87. The van der Waals surface area contributed by atoms with Crippen molar-refractivity contribution in [1.82, 2.24) is 18.8 Å². The van der Waals surface area contributed by atoms with E-state index in [0.717, 1.165) is 29.8 Å². The number of aromatic nitrogens is 2. The predicted molar refractivity (Wildman–Crippen MR) is 125 cm³/mol. The summed E-state index contributed by atoms with van der Waals surface area (Å²) in [6, 6.07) is 12.7. The summed E-state index contributed by atoms with van der Waals surface area (Å²) < 4.78 is 29.1. The molecule has 1 aromatic carbocycles. The molecule has 0 aliphatic carbocycles. The summed E-state index contributed by atoms with van der Waals surface area (Å²) in [5.41, 5.74) is 1.39. The Morgan fingerprint density at radius 1 is 1.03 bits per heavy atom. The Hall–Kier alpha value is -2.91. The van der Waals surface area contributed by atoms with Gasteiger partial charge in [0, 0.05) is 63.4 Å². The SMILES string of the molecule is CCN(CC)S(=O)(=O)c1ccc2c(c1)cc(C(=O)N1CCN(c3ccccn3)CC1)n2C. The van der Waals surface area contributed by atoms with Crippen LogP contribution in [-0.4, -0.2) is 72.3 Å². The van der Waals surface area contributed by atoms with Gasteiger partial charge >= 0.3 is 0 Å². The molecule has 0 unspecified atom stereocenters. The van der Waals surface area contributed by atoms with Gasteiger partial charge in [-0.25, -0.2) is 13.4 Å². The summed E-state index contributed by atoms with van der Waals surface area (Å²) in [6.45, 7) is 7.15. The summed E-state index contributed by atoms with van der Waals surface area (Å²) >= 11 is 0. The van der Waals surface area contributed by atoms with E-state index in [2.05, 4.69) is 9.88 Å². The van der Waals surface area contributed by atoms with Gasteiger partial charge in [-0.3, -0.25) is 4.79 Å². The summed E-state index contributed by atoms with van der Waals surface area (Å²) in [7, 11) is -1.71. The van der Waals surface area contributed by atoms with Crippen molar-refractivity contribution >= 4 is 32.7 Å². The van der Waals surface area contributed by atoms with E-state index in [9.17, 15) is 13.2 Å². The summed E-state index contributed by atoms with van der Waals surface area (Å²) in [5, 5.41) is 0.746. The first-order chi connectivity index (χ1) is 15.4. The first kappa shape index (κ1) is 22.3. The van der Waals surface area contributed by atoms with Crippen LogP contribution < -0.4 is 4.90 Å². The van der Waals surface area contributed by atoms with Gasteiger partial charge in [0.2, 0.25) is 10.0 Å². The molecular weight excluding hydrogens is 426 g/mol. The number of sulfonamides is 1. The van der Waals surface area contributed by atoms with Crippen LogP contribution >= 0.6 is 0 Å². The highest BCUT2D eigenvalue weighted by Crippen LogP contribution is 2.25. The van der Waals surface area contributed by atoms with Gasteiger partial charge < -0.3 is 14.4 Å². The van der Waals surface area contributed by atoms with E-state index in [1.54, 1.807) is 30.5 Å². The standard InChI is InChI=1S/C23H29N5O3S/c1-4-28(5-2)32(30,31)19-9-10-20-18(16-19)17-21(25(20)3)23(29)27-14-12-26(13-15-27)22-8-6-7-11-24-22/h6-11,16-17H,4-5,12-15H2,1-3H3. The number of carbonyl (C=O) groups excluding carboxylic acids is 1. The van der Waals surface area contributed by atoms with E-state index in [1.807, 2.05) is 48.6 Å². The minimum Gasteiger partial charge on any atom is -0.353 e. The fourth-order valence-corrected chi connectivity index (χ4v) is 5.74. The number of hydrogen-bond donors (Lipinski definition) is 0. The highest BCUT2D eigenvalue weighted by Gasteiger charge is 2.26. The van der Waals surface area contributed by atoms with Crippen molar-refractivity contribution in [2.24, 2.45) is 7.05 Å².